The van der Waals surface area contributed by atoms with Crippen LogP contribution in [0.25, 0.3) is 0 Å². The van der Waals surface area contributed by atoms with E-state index < -0.39 is 11.6 Å². The number of aliphatic carboxylic acids is 1. The van der Waals surface area contributed by atoms with Crippen molar-refractivity contribution in [1.82, 2.24) is 4.98 Å². The lowest BCUT2D eigenvalue weighted by Crippen LogP contribution is -2.23. The molecule has 0 bridgehead atoms. The molecule has 1 aromatic heterocycles. The fourth-order valence-corrected chi connectivity index (χ4v) is 2.88. The van der Waals surface area contributed by atoms with Crippen molar-refractivity contribution in [2.45, 2.75) is 45.1 Å². The Morgan fingerprint density at radius 3 is 2.33 bits per heavy atom. The van der Waals surface area contributed by atoms with Crippen molar-refractivity contribution in [1.29, 1.82) is 0 Å². The van der Waals surface area contributed by atoms with E-state index in [1.807, 2.05) is 18.2 Å². The van der Waals surface area contributed by atoms with Crippen LogP contribution in [0, 0.1) is 0 Å². The summed E-state index contributed by atoms with van der Waals surface area (Å²) in [6.45, 7) is 3.77. The van der Waals surface area contributed by atoms with Gasteiger partial charge in [-0.15, -0.1) is 0 Å². The van der Waals surface area contributed by atoms with Gasteiger partial charge in [-0.05, 0) is 49.4 Å². The van der Waals surface area contributed by atoms with Gasteiger partial charge < -0.3 is 14.9 Å². The van der Waals surface area contributed by atoms with Crippen LogP contribution in [0.3, 0.4) is 0 Å². The molecule has 6 heteroatoms. The molecule has 6 nitrogen and oxygen atoms in total. The molecule has 0 fully saturated rings. The van der Waals surface area contributed by atoms with E-state index in [0.29, 0.717) is 30.6 Å². The molecule has 144 valence electrons. The second-order valence-corrected chi connectivity index (χ2v) is 6.55. The Kier molecular flexibility index (Phi) is 7.07. The van der Waals surface area contributed by atoms with Gasteiger partial charge in [0.25, 0.3) is 0 Å². The van der Waals surface area contributed by atoms with E-state index in [1.165, 1.54) is 0 Å². The van der Waals surface area contributed by atoms with Crippen LogP contribution < -0.4 is 0 Å². The number of ether oxygens (including phenoxy) is 1. The van der Waals surface area contributed by atoms with Gasteiger partial charge in [-0.25, -0.2) is 0 Å². The molecule has 27 heavy (non-hydrogen) atoms. The largest absolute Gasteiger partial charge is 0.481 e. The predicted molar refractivity (Wildman–Crippen MR) is 100 cm³/mol. The molecule has 2 aromatic rings. The van der Waals surface area contributed by atoms with Crippen molar-refractivity contribution in [2.75, 3.05) is 6.61 Å². The van der Waals surface area contributed by atoms with E-state index in [-0.39, 0.29) is 18.8 Å². The molecule has 0 aliphatic heterocycles. The van der Waals surface area contributed by atoms with E-state index in [2.05, 4.69) is 4.98 Å². The van der Waals surface area contributed by atoms with E-state index in [1.54, 1.807) is 38.4 Å². The molecule has 0 radical (unpaired) electrons. The summed E-state index contributed by atoms with van der Waals surface area (Å²) in [6, 6.07) is 9.07. The number of rotatable bonds is 9. The minimum absolute atomic E-state index is 0.00416. The Hall–Kier alpha value is -2.73. The zero-order valence-corrected chi connectivity index (χ0v) is 15.6. The maximum Gasteiger partial charge on any atom is 0.306 e. The van der Waals surface area contributed by atoms with Gasteiger partial charge in [0.1, 0.15) is 5.60 Å². The van der Waals surface area contributed by atoms with Gasteiger partial charge in [-0.1, -0.05) is 24.3 Å². The van der Waals surface area contributed by atoms with Crippen molar-refractivity contribution in [3.05, 3.63) is 65.0 Å². The van der Waals surface area contributed by atoms with Crippen molar-refractivity contribution in [3.63, 3.8) is 0 Å². The summed E-state index contributed by atoms with van der Waals surface area (Å²) in [5.41, 5.74) is 1.64. The van der Waals surface area contributed by atoms with Crippen molar-refractivity contribution < 1.29 is 24.5 Å². The number of nitrogens with zero attached hydrogens (tertiary/aromatic N) is 1. The summed E-state index contributed by atoms with van der Waals surface area (Å²) in [7, 11) is 0. The number of hydrogen-bond acceptors (Lipinski definition) is 5. The lowest BCUT2D eigenvalue weighted by molar-refractivity contribution is -0.143. The first kappa shape index (κ1) is 20.6. The fourth-order valence-electron chi connectivity index (χ4n) is 2.88. The number of aromatic nitrogens is 1. The van der Waals surface area contributed by atoms with Gasteiger partial charge in [0.05, 0.1) is 6.61 Å². The van der Waals surface area contributed by atoms with Crippen molar-refractivity contribution >= 4 is 11.9 Å². The molecule has 1 atom stereocenters. The molecule has 1 aromatic carbocycles. The number of carboxylic acids is 1. The summed E-state index contributed by atoms with van der Waals surface area (Å²) < 4.78 is 4.97. The molecule has 0 amide bonds. The molecule has 2 N–H and O–H groups in total. The molecule has 0 aliphatic carbocycles. The van der Waals surface area contributed by atoms with Crippen LogP contribution in [0.2, 0.25) is 0 Å². The second-order valence-electron chi connectivity index (χ2n) is 6.55. The lowest BCUT2D eigenvalue weighted by Gasteiger charge is -2.25. The summed E-state index contributed by atoms with van der Waals surface area (Å²) in [4.78, 5) is 26.7. The standard InChI is InChI=1S/C21H25NO5/c1-3-27-20(25)9-7-16-11-15(6-8-19(23)24)12-18(13-16)21(2,26)17-5-4-10-22-14-17/h4-5,10-14,26H,3,6-9H2,1-2H3,(H,23,24). The number of carbonyl (C=O) groups excluding carboxylic acids is 1. The quantitative estimate of drug-likeness (QED) is 0.658. The first-order chi connectivity index (χ1) is 12.8. The zero-order chi connectivity index (χ0) is 19.9. The van der Waals surface area contributed by atoms with Crippen LogP contribution in [0.4, 0.5) is 0 Å². The second kappa shape index (κ2) is 9.28. The van der Waals surface area contributed by atoms with Crippen molar-refractivity contribution in [3.8, 4) is 0 Å². The first-order valence-corrected chi connectivity index (χ1v) is 8.96. The number of aliphatic hydroxyl groups is 1. The van der Waals surface area contributed by atoms with Crippen LogP contribution >= 0.6 is 0 Å². The van der Waals surface area contributed by atoms with Crippen LogP contribution in [0.1, 0.15) is 48.9 Å². The number of carboxylic acid groups (broad SMARTS) is 1. The zero-order valence-electron chi connectivity index (χ0n) is 15.6. The molecule has 1 heterocycles. The van der Waals surface area contributed by atoms with Gasteiger partial charge >= 0.3 is 11.9 Å². The molecule has 0 saturated heterocycles. The Bertz CT molecular complexity index is 786. The summed E-state index contributed by atoms with van der Waals surface area (Å²) in [5, 5.41) is 20.1. The minimum atomic E-state index is -1.29. The Balaban J connectivity index is 2.34. The first-order valence-electron chi connectivity index (χ1n) is 8.96. The molecular formula is C21H25NO5. The molecule has 1 unspecified atom stereocenters. The molecule has 2 rings (SSSR count). The topological polar surface area (TPSA) is 96.7 Å². The summed E-state index contributed by atoms with van der Waals surface area (Å²) in [6.07, 6.45) is 4.25. The molecule has 0 saturated carbocycles. The van der Waals surface area contributed by atoms with Gasteiger partial charge in [0.15, 0.2) is 0 Å². The molecule has 0 spiro atoms. The van der Waals surface area contributed by atoms with Crippen LogP contribution in [0.5, 0.6) is 0 Å². The number of benzene rings is 1. The van der Waals surface area contributed by atoms with Gasteiger partial charge in [-0.3, -0.25) is 14.6 Å². The Labute approximate surface area is 158 Å². The summed E-state index contributed by atoms with van der Waals surface area (Å²) >= 11 is 0. The van der Waals surface area contributed by atoms with Gasteiger partial charge in [0, 0.05) is 30.8 Å². The highest BCUT2D eigenvalue weighted by Gasteiger charge is 2.26. The normalized spacial score (nSPS) is 13.0. The number of carbonyl (C=O) groups is 2. The van der Waals surface area contributed by atoms with Crippen molar-refractivity contribution in [2.24, 2.45) is 0 Å². The van der Waals surface area contributed by atoms with Gasteiger partial charge in [0.2, 0.25) is 0 Å². The summed E-state index contributed by atoms with van der Waals surface area (Å²) in [5.74, 6) is -1.17. The lowest BCUT2D eigenvalue weighted by atomic mass is 9.86. The predicted octanol–water partition coefficient (Wildman–Crippen LogP) is 2.85. The number of esters is 1. The molecule has 0 aliphatic rings. The van der Waals surface area contributed by atoms with E-state index in [9.17, 15) is 14.7 Å². The third kappa shape index (κ3) is 5.89. The smallest absolute Gasteiger partial charge is 0.306 e. The van der Waals surface area contributed by atoms with Crippen LogP contribution in [-0.4, -0.2) is 33.7 Å². The van der Waals surface area contributed by atoms with E-state index in [4.69, 9.17) is 9.84 Å². The minimum Gasteiger partial charge on any atom is -0.481 e. The average Bonchev–Trinajstić information content (AvgIpc) is 2.65. The maximum atomic E-state index is 11.7. The molecular weight excluding hydrogens is 346 g/mol. The highest BCUT2D eigenvalue weighted by atomic mass is 16.5. The van der Waals surface area contributed by atoms with E-state index >= 15 is 0 Å². The monoisotopic (exact) mass is 371 g/mol. The SMILES string of the molecule is CCOC(=O)CCc1cc(CCC(=O)O)cc(C(C)(O)c2cccnc2)c1. The third-order valence-electron chi connectivity index (χ3n) is 4.39. The number of aryl methyl sites for hydroxylation is 2. The highest BCUT2D eigenvalue weighted by Crippen LogP contribution is 2.30. The number of hydrogen-bond donors (Lipinski definition) is 2. The third-order valence-corrected chi connectivity index (χ3v) is 4.39. The fraction of sp³-hybridized carbons (Fsp3) is 0.381. The average molecular weight is 371 g/mol. The van der Waals surface area contributed by atoms with Gasteiger partial charge in [-0.2, -0.15) is 0 Å². The Morgan fingerprint density at radius 2 is 1.78 bits per heavy atom. The Morgan fingerprint density at radius 1 is 1.11 bits per heavy atom. The van der Waals surface area contributed by atoms with E-state index in [0.717, 1.165) is 11.1 Å². The number of pyridine rings is 1. The van der Waals surface area contributed by atoms with Crippen LogP contribution in [-0.2, 0) is 32.8 Å². The maximum absolute atomic E-state index is 11.7. The highest BCUT2D eigenvalue weighted by molar-refractivity contribution is 5.69. The van der Waals surface area contributed by atoms with Crippen LogP contribution in [0.15, 0.2) is 42.7 Å².